The Hall–Kier alpha value is -2.56. The predicted octanol–water partition coefficient (Wildman–Crippen LogP) is 4.44. The van der Waals surface area contributed by atoms with Gasteiger partial charge >= 0.3 is 5.97 Å². The Balaban J connectivity index is 1.59. The number of amides is 1. The number of likely N-dealkylation sites (tertiary alicyclic amines) is 1. The second-order valence-corrected chi connectivity index (χ2v) is 12.2. The molecule has 0 radical (unpaired) electrons. The molecule has 3 rings (SSSR count). The highest BCUT2D eigenvalue weighted by atomic mass is 32.2. The Labute approximate surface area is 218 Å². The summed E-state index contributed by atoms with van der Waals surface area (Å²) in [5.74, 6) is -4.33. The molecule has 202 valence electrons. The Morgan fingerprint density at radius 2 is 1.70 bits per heavy atom. The van der Waals surface area contributed by atoms with Gasteiger partial charge in [0.2, 0.25) is 5.91 Å². The van der Waals surface area contributed by atoms with Crippen LogP contribution in [-0.2, 0) is 38.7 Å². The van der Waals surface area contributed by atoms with Gasteiger partial charge in [0.05, 0.1) is 6.04 Å². The second kappa shape index (κ2) is 12.8. The zero-order valence-electron chi connectivity index (χ0n) is 21.3. The van der Waals surface area contributed by atoms with Crippen molar-refractivity contribution in [1.82, 2.24) is 9.62 Å². The first kappa shape index (κ1) is 29.0. The minimum Gasteiger partial charge on any atom is -0.598 e. The lowest BCUT2D eigenvalue weighted by Crippen LogP contribution is -2.51. The summed E-state index contributed by atoms with van der Waals surface area (Å²) < 4.78 is 62.1. The number of hydrogen-bond acceptors (Lipinski definition) is 5. The highest BCUT2D eigenvalue weighted by Crippen LogP contribution is 2.27. The predicted molar refractivity (Wildman–Crippen MR) is 135 cm³/mol. The Bertz CT molecular complexity index is 1070. The van der Waals surface area contributed by atoms with E-state index in [0.29, 0.717) is 32.0 Å². The Morgan fingerprint density at radius 3 is 2.32 bits per heavy atom. The van der Waals surface area contributed by atoms with E-state index < -0.39 is 45.6 Å². The van der Waals surface area contributed by atoms with Gasteiger partial charge < -0.3 is 14.2 Å². The lowest BCUT2D eigenvalue weighted by Gasteiger charge is -2.37. The third-order valence-corrected chi connectivity index (χ3v) is 7.97. The maximum atomic E-state index is 14.4. The van der Waals surface area contributed by atoms with E-state index in [0.717, 1.165) is 11.6 Å². The number of benzene rings is 2. The minimum absolute atomic E-state index is 0.00920. The van der Waals surface area contributed by atoms with Crippen molar-refractivity contribution in [2.24, 2.45) is 5.92 Å². The van der Waals surface area contributed by atoms with Crippen molar-refractivity contribution in [3.63, 3.8) is 0 Å². The van der Waals surface area contributed by atoms with Crippen LogP contribution in [0.15, 0.2) is 42.5 Å². The standard InChI is InChI=1S/C27H33F3N2O4S/c1-27(2,3)37(35)31-24(14-20-13-22(29)23(30)15-21(20)28)19-9-11-32(12-10-19)25(33)16-26(34)36-17-18-7-5-4-6-8-18/h4-8,13,15,19,24,31H,9-12,14,16-17H2,1-3H3/t24-,37+/m1/s1. The van der Waals surface area contributed by atoms with Crippen molar-refractivity contribution in [1.29, 1.82) is 0 Å². The fourth-order valence-corrected chi connectivity index (χ4v) is 5.06. The average molecular weight is 539 g/mol. The number of piperidine rings is 1. The molecule has 2 aromatic carbocycles. The summed E-state index contributed by atoms with van der Waals surface area (Å²) >= 11 is -1.48. The summed E-state index contributed by atoms with van der Waals surface area (Å²) in [6, 6.07) is 10.0. The van der Waals surface area contributed by atoms with Gasteiger partial charge in [-0.3, -0.25) is 9.59 Å². The number of rotatable bonds is 9. The first-order chi connectivity index (χ1) is 17.4. The summed E-state index contributed by atoms with van der Waals surface area (Å²) in [6.45, 7) is 6.19. The molecule has 1 heterocycles. The van der Waals surface area contributed by atoms with Crippen LogP contribution in [0.1, 0.15) is 51.2 Å². The first-order valence-corrected chi connectivity index (χ1v) is 13.4. The molecule has 0 aliphatic carbocycles. The molecule has 0 aromatic heterocycles. The van der Waals surface area contributed by atoms with Crippen LogP contribution in [0.3, 0.4) is 0 Å². The molecule has 0 unspecified atom stereocenters. The van der Waals surface area contributed by atoms with Gasteiger partial charge in [0.15, 0.2) is 11.6 Å². The first-order valence-electron chi connectivity index (χ1n) is 12.2. The second-order valence-electron chi connectivity index (χ2n) is 10.2. The summed E-state index contributed by atoms with van der Waals surface area (Å²) in [6.07, 6.45) is 0.660. The highest BCUT2D eigenvalue weighted by molar-refractivity contribution is 7.90. The number of carbonyl (C=O) groups is 2. The number of hydrogen-bond donors (Lipinski definition) is 1. The fourth-order valence-electron chi connectivity index (χ4n) is 4.15. The maximum Gasteiger partial charge on any atom is 0.315 e. The molecule has 6 nitrogen and oxygen atoms in total. The van der Waals surface area contributed by atoms with Gasteiger partial charge in [-0.15, -0.1) is 4.72 Å². The molecule has 2 atom stereocenters. The molecular weight excluding hydrogens is 505 g/mol. The summed E-state index contributed by atoms with van der Waals surface area (Å²) in [4.78, 5) is 26.4. The zero-order chi connectivity index (χ0) is 27.2. The van der Waals surface area contributed by atoms with Crippen molar-refractivity contribution in [3.8, 4) is 0 Å². The lowest BCUT2D eigenvalue weighted by atomic mass is 9.86. The number of nitrogens with zero attached hydrogens (tertiary/aromatic N) is 1. The number of halogens is 3. The molecule has 0 bridgehead atoms. The van der Waals surface area contributed by atoms with Crippen molar-refractivity contribution in [3.05, 3.63) is 71.0 Å². The Morgan fingerprint density at radius 1 is 1.08 bits per heavy atom. The van der Waals surface area contributed by atoms with Gasteiger partial charge in [-0.2, -0.15) is 0 Å². The fraction of sp³-hybridized carbons (Fsp3) is 0.481. The van der Waals surface area contributed by atoms with Crippen LogP contribution in [0.25, 0.3) is 0 Å². The van der Waals surface area contributed by atoms with Gasteiger partial charge in [-0.25, -0.2) is 13.2 Å². The van der Waals surface area contributed by atoms with Crippen LogP contribution in [0.4, 0.5) is 13.2 Å². The van der Waals surface area contributed by atoms with Gasteiger partial charge in [-0.1, -0.05) is 30.3 Å². The van der Waals surface area contributed by atoms with E-state index in [-0.39, 0.29) is 36.8 Å². The number of ether oxygens (including phenoxy) is 1. The topological polar surface area (TPSA) is 81.7 Å². The normalized spacial score (nSPS) is 16.4. The molecule has 37 heavy (non-hydrogen) atoms. The molecule has 1 saturated heterocycles. The van der Waals surface area contributed by atoms with Crippen LogP contribution in [0.5, 0.6) is 0 Å². The van der Waals surface area contributed by atoms with E-state index in [1.807, 2.05) is 30.3 Å². The van der Waals surface area contributed by atoms with Gasteiger partial charge in [0.25, 0.3) is 0 Å². The van der Waals surface area contributed by atoms with E-state index in [2.05, 4.69) is 4.72 Å². The lowest BCUT2D eigenvalue weighted by molar-refractivity contribution is -0.150. The van der Waals surface area contributed by atoms with E-state index in [4.69, 9.17) is 4.74 Å². The van der Waals surface area contributed by atoms with E-state index in [1.54, 1.807) is 25.7 Å². The van der Waals surface area contributed by atoms with Crippen molar-refractivity contribution >= 4 is 23.2 Å². The summed E-state index contributed by atoms with van der Waals surface area (Å²) in [5.41, 5.74) is 0.815. The van der Waals surface area contributed by atoms with Crippen molar-refractivity contribution < 1.29 is 32.0 Å². The van der Waals surface area contributed by atoms with Crippen LogP contribution in [0, 0.1) is 23.4 Å². The third-order valence-electron chi connectivity index (χ3n) is 6.34. The molecule has 0 saturated carbocycles. The molecule has 2 aromatic rings. The number of esters is 1. The van der Waals surface area contributed by atoms with Crippen LogP contribution in [0.2, 0.25) is 0 Å². The van der Waals surface area contributed by atoms with Crippen LogP contribution >= 0.6 is 0 Å². The van der Waals surface area contributed by atoms with Crippen molar-refractivity contribution in [2.45, 2.75) is 63.9 Å². The zero-order valence-corrected chi connectivity index (χ0v) is 22.1. The van der Waals surface area contributed by atoms with Crippen LogP contribution in [-0.4, -0.2) is 45.2 Å². The summed E-state index contributed by atoms with van der Waals surface area (Å²) in [7, 11) is 0. The average Bonchev–Trinajstić information content (AvgIpc) is 2.85. The monoisotopic (exact) mass is 538 g/mol. The summed E-state index contributed by atoms with van der Waals surface area (Å²) in [5, 5.41) is 0. The van der Waals surface area contributed by atoms with Crippen molar-refractivity contribution in [2.75, 3.05) is 13.1 Å². The van der Waals surface area contributed by atoms with Gasteiger partial charge in [0.1, 0.15) is 23.6 Å². The molecule has 1 aliphatic heterocycles. The number of carbonyl (C=O) groups excluding carboxylic acids is 2. The highest BCUT2D eigenvalue weighted by Gasteiger charge is 2.36. The molecule has 1 aliphatic rings. The Kier molecular flexibility index (Phi) is 10.0. The van der Waals surface area contributed by atoms with E-state index in [9.17, 15) is 27.3 Å². The molecular formula is C27H33F3N2O4S. The molecule has 1 fully saturated rings. The molecule has 0 spiro atoms. The van der Waals surface area contributed by atoms with E-state index in [1.165, 1.54) is 0 Å². The smallest absolute Gasteiger partial charge is 0.315 e. The minimum atomic E-state index is -1.48. The molecule has 1 N–H and O–H groups in total. The van der Waals surface area contributed by atoms with E-state index >= 15 is 0 Å². The van der Waals surface area contributed by atoms with Gasteiger partial charge in [0, 0.05) is 30.5 Å². The molecule has 1 amide bonds. The van der Waals surface area contributed by atoms with Crippen LogP contribution < -0.4 is 4.72 Å². The molecule has 10 heteroatoms. The quantitative estimate of drug-likeness (QED) is 0.221. The third kappa shape index (κ3) is 8.48. The maximum absolute atomic E-state index is 14.4. The number of nitrogens with one attached hydrogen (secondary N) is 1. The largest absolute Gasteiger partial charge is 0.598 e. The van der Waals surface area contributed by atoms with Gasteiger partial charge in [-0.05, 0) is 63.1 Å². The SMILES string of the molecule is CC(C)(C)[S@+]([O-])N[C@H](Cc1cc(F)c(F)cc1F)C1CCN(C(=O)CC(=O)OCc2ccccc2)CC1.